The Morgan fingerprint density at radius 2 is 2.46 bits per heavy atom. The number of ether oxygens (including phenoxy) is 2. The zero-order valence-electron chi connectivity index (χ0n) is 14.1. The summed E-state index contributed by atoms with van der Waals surface area (Å²) in [6.07, 6.45) is 4.00. The lowest BCUT2D eigenvalue weighted by Gasteiger charge is -2.24. The lowest BCUT2D eigenvalue weighted by Crippen LogP contribution is -2.41. The van der Waals surface area contributed by atoms with E-state index in [1.54, 1.807) is 18.3 Å². The van der Waals surface area contributed by atoms with E-state index < -0.39 is 0 Å². The van der Waals surface area contributed by atoms with Crippen LogP contribution in [0.1, 0.15) is 19.8 Å². The molecule has 0 aromatic carbocycles. The van der Waals surface area contributed by atoms with E-state index in [9.17, 15) is 0 Å². The summed E-state index contributed by atoms with van der Waals surface area (Å²) in [7, 11) is 0. The molecular weight excluding hydrogens is 328 g/mol. The van der Waals surface area contributed by atoms with Crippen LogP contribution in [0, 0.1) is 5.41 Å². The molecule has 1 aromatic rings. The van der Waals surface area contributed by atoms with Crippen LogP contribution in [0.3, 0.4) is 0 Å². The third-order valence-electron chi connectivity index (χ3n) is 4.57. The fourth-order valence-electron chi connectivity index (χ4n) is 3.28. The fourth-order valence-corrected chi connectivity index (χ4v) is 3.46. The van der Waals surface area contributed by atoms with E-state index in [0.717, 1.165) is 45.2 Å². The Labute approximate surface area is 148 Å². The van der Waals surface area contributed by atoms with Crippen LogP contribution in [0.5, 0.6) is 5.88 Å². The highest BCUT2D eigenvalue weighted by atomic mass is 35.5. The molecular formula is C17H25ClN4O2. The third kappa shape index (κ3) is 4.11. The Morgan fingerprint density at radius 3 is 3.21 bits per heavy atom. The number of nitrogens with one attached hydrogen (secondary N) is 1. The molecule has 2 fully saturated rings. The van der Waals surface area contributed by atoms with Crippen LogP contribution >= 0.6 is 11.6 Å². The van der Waals surface area contributed by atoms with Gasteiger partial charge in [-0.1, -0.05) is 11.6 Å². The van der Waals surface area contributed by atoms with Crippen molar-refractivity contribution in [1.82, 2.24) is 15.2 Å². The molecule has 3 heterocycles. The van der Waals surface area contributed by atoms with Gasteiger partial charge in [-0.2, -0.15) is 0 Å². The molecule has 1 spiro atoms. The number of hydrogen-bond acceptors (Lipinski definition) is 4. The Balaban J connectivity index is 1.53. The van der Waals surface area contributed by atoms with E-state index in [0.29, 0.717) is 29.5 Å². The van der Waals surface area contributed by atoms with Gasteiger partial charge in [0.15, 0.2) is 5.96 Å². The Morgan fingerprint density at radius 1 is 1.54 bits per heavy atom. The first-order valence-corrected chi connectivity index (χ1v) is 8.95. The van der Waals surface area contributed by atoms with Crippen molar-refractivity contribution in [3.63, 3.8) is 0 Å². The van der Waals surface area contributed by atoms with Gasteiger partial charge >= 0.3 is 0 Å². The van der Waals surface area contributed by atoms with Gasteiger partial charge in [0.1, 0.15) is 11.6 Å². The molecule has 7 heteroatoms. The number of nitrogens with zero attached hydrogens (tertiary/aromatic N) is 3. The molecule has 3 rings (SSSR count). The number of aromatic nitrogens is 1. The van der Waals surface area contributed by atoms with Crippen molar-refractivity contribution in [2.45, 2.75) is 19.8 Å². The van der Waals surface area contributed by atoms with Crippen LogP contribution < -0.4 is 10.1 Å². The quantitative estimate of drug-likeness (QED) is 0.500. The summed E-state index contributed by atoms with van der Waals surface area (Å²) < 4.78 is 11.2. The Kier molecular flexibility index (Phi) is 5.79. The van der Waals surface area contributed by atoms with Gasteiger partial charge in [-0.3, -0.25) is 0 Å². The lowest BCUT2D eigenvalue weighted by molar-refractivity contribution is 0.156. The molecule has 0 aliphatic carbocycles. The predicted molar refractivity (Wildman–Crippen MR) is 94.8 cm³/mol. The minimum Gasteiger partial charge on any atom is -0.475 e. The number of guanidine groups is 1. The molecule has 2 aliphatic heterocycles. The van der Waals surface area contributed by atoms with Gasteiger partial charge in [0, 0.05) is 37.9 Å². The summed E-state index contributed by atoms with van der Waals surface area (Å²) in [4.78, 5) is 11.1. The molecule has 24 heavy (non-hydrogen) atoms. The topological polar surface area (TPSA) is 59.0 Å². The van der Waals surface area contributed by atoms with E-state index in [-0.39, 0.29) is 0 Å². The van der Waals surface area contributed by atoms with Crippen LogP contribution in [-0.2, 0) is 4.74 Å². The van der Waals surface area contributed by atoms with E-state index in [2.05, 4.69) is 27.1 Å². The average Bonchev–Trinajstić information content (AvgIpc) is 3.22. The van der Waals surface area contributed by atoms with Gasteiger partial charge in [0.25, 0.3) is 0 Å². The first kappa shape index (κ1) is 17.3. The number of hydrogen-bond donors (Lipinski definition) is 1. The van der Waals surface area contributed by atoms with Crippen LogP contribution in [0.2, 0.25) is 5.02 Å². The molecule has 132 valence electrons. The Hall–Kier alpha value is -1.53. The highest BCUT2D eigenvalue weighted by molar-refractivity contribution is 6.31. The molecule has 0 radical (unpaired) electrons. The number of aliphatic imine (C=N–C) groups is 1. The highest BCUT2D eigenvalue weighted by Crippen LogP contribution is 2.38. The predicted octanol–water partition coefficient (Wildman–Crippen LogP) is 2.19. The molecule has 1 unspecified atom stereocenters. The molecule has 6 nitrogen and oxygen atoms in total. The summed E-state index contributed by atoms with van der Waals surface area (Å²) >= 11 is 6.03. The summed E-state index contributed by atoms with van der Waals surface area (Å²) in [6.45, 7) is 7.77. The van der Waals surface area contributed by atoms with Gasteiger partial charge in [-0.25, -0.2) is 9.98 Å². The van der Waals surface area contributed by atoms with Gasteiger partial charge in [0.2, 0.25) is 5.88 Å². The number of rotatable bonds is 5. The number of likely N-dealkylation sites (tertiary alicyclic amines) is 1. The number of pyridine rings is 1. The summed E-state index contributed by atoms with van der Waals surface area (Å²) in [5, 5.41) is 3.90. The second-order valence-electron chi connectivity index (χ2n) is 6.35. The normalized spacial score (nSPS) is 23.9. The van der Waals surface area contributed by atoms with Crippen molar-refractivity contribution in [3.05, 3.63) is 23.4 Å². The first-order valence-electron chi connectivity index (χ1n) is 8.57. The van der Waals surface area contributed by atoms with Crippen molar-refractivity contribution < 1.29 is 9.47 Å². The van der Waals surface area contributed by atoms with Gasteiger partial charge < -0.3 is 19.7 Å². The summed E-state index contributed by atoms with van der Waals surface area (Å²) in [5.74, 6) is 1.42. The molecule has 0 bridgehead atoms. The minimum atomic E-state index is 0.328. The van der Waals surface area contributed by atoms with E-state index in [4.69, 9.17) is 21.1 Å². The molecule has 1 atom stereocenters. The standard InChI is InChI=1S/C17H25ClN4O2/c1-2-19-16(22-9-5-17(12-22)6-10-23-13-17)21-8-11-24-15-14(18)4-3-7-20-15/h3-4,7H,2,5-6,8-13H2,1H3,(H,19,21). The molecule has 2 saturated heterocycles. The zero-order chi connectivity index (χ0) is 16.8. The van der Waals surface area contributed by atoms with Crippen molar-refractivity contribution >= 4 is 17.6 Å². The van der Waals surface area contributed by atoms with Crippen LogP contribution in [0.25, 0.3) is 0 Å². The van der Waals surface area contributed by atoms with Crippen LogP contribution in [0.4, 0.5) is 0 Å². The lowest BCUT2D eigenvalue weighted by atomic mass is 9.87. The smallest absolute Gasteiger partial charge is 0.232 e. The fraction of sp³-hybridized carbons (Fsp3) is 0.647. The second kappa shape index (κ2) is 8.03. The summed E-state index contributed by atoms with van der Waals surface area (Å²) in [6, 6.07) is 3.55. The molecule has 0 amide bonds. The van der Waals surface area contributed by atoms with Crippen LogP contribution in [-0.4, -0.2) is 61.8 Å². The van der Waals surface area contributed by atoms with Crippen molar-refractivity contribution in [2.75, 3.05) is 46.0 Å². The van der Waals surface area contributed by atoms with Crippen molar-refractivity contribution in [3.8, 4) is 5.88 Å². The second-order valence-corrected chi connectivity index (χ2v) is 6.76. The number of halogens is 1. The van der Waals surface area contributed by atoms with E-state index >= 15 is 0 Å². The van der Waals surface area contributed by atoms with E-state index in [1.165, 1.54) is 6.42 Å². The van der Waals surface area contributed by atoms with E-state index in [1.807, 2.05) is 0 Å². The maximum Gasteiger partial charge on any atom is 0.232 e. The van der Waals surface area contributed by atoms with Crippen molar-refractivity contribution in [1.29, 1.82) is 0 Å². The average molecular weight is 353 g/mol. The van der Waals surface area contributed by atoms with Crippen molar-refractivity contribution in [2.24, 2.45) is 10.4 Å². The maximum atomic E-state index is 6.03. The van der Waals surface area contributed by atoms with Crippen LogP contribution in [0.15, 0.2) is 23.3 Å². The zero-order valence-corrected chi connectivity index (χ0v) is 14.9. The SMILES string of the molecule is CCNC(=NCCOc1ncccc1Cl)N1CCC2(CCOC2)C1. The maximum absolute atomic E-state index is 6.03. The summed E-state index contributed by atoms with van der Waals surface area (Å²) in [5.41, 5.74) is 0.328. The van der Waals surface area contributed by atoms with Gasteiger partial charge in [-0.15, -0.1) is 0 Å². The molecule has 1 aromatic heterocycles. The highest BCUT2D eigenvalue weighted by Gasteiger charge is 2.42. The minimum absolute atomic E-state index is 0.328. The Bertz CT molecular complexity index is 575. The molecule has 0 saturated carbocycles. The monoisotopic (exact) mass is 352 g/mol. The molecule has 2 aliphatic rings. The first-order chi connectivity index (χ1) is 11.7. The van der Waals surface area contributed by atoms with Gasteiger partial charge in [0.05, 0.1) is 13.2 Å². The third-order valence-corrected chi connectivity index (χ3v) is 4.86. The van der Waals surface area contributed by atoms with Gasteiger partial charge in [-0.05, 0) is 31.9 Å². The molecule has 1 N–H and O–H groups in total. The largest absolute Gasteiger partial charge is 0.475 e.